The minimum Gasteiger partial charge on any atom is -0.370 e. The van der Waals surface area contributed by atoms with Crippen molar-refractivity contribution in [1.29, 1.82) is 0 Å². The lowest BCUT2D eigenvalue weighted by atomic mass is 9.75. The molecule has 5 rings (SSSR count). The van der Waals surface area contributed by atoms with Crippen LogP contribution in [0.1, 0.15) is 24.8 Å². The van der Waals surface area contributed by atoms with Crippen LogP contribution in [0.5, 0.6) is 0 Å². The van der Waals surface area contributed by atoms with E-state index in [4.69, 9.17) is 11.6 Å². The maximum atomic E-state index is 13.2. The van der Waals surface area contributed by atoms with E-state index in [9.17, 15) is 26.4 Å². The average Bonchev–Trinajstić information content (AvgIpc) is 3.21. The molecule has 3 aliphatic heterocycles. The quantitative estimate of drug-likeness (QED) is 0.660. The summed E-state index contributed by atoms with van der Waals surface area (Å²) in [5.41, 5.74) is 2.36. The number of pyridine rings is 1. The Bertz CT molecular complexity index is 1280. The summed E-state index contributed by atoms with van der Waals surface area (Å²) in [5, 5.41) is 2.50. The van der Waals surface area contributed by atoms with Crippen LogP contribution in [0.15, 0.2) is 30.6 Å². The second kappa shape index (κ2) is 7.74. The first-order valence-corrected chi connectivity index (χ1v) is 12.8. The van der Waals surface area contributed by atoms with Gasteiger partial charge in [-0.25, -0.2) is 8.42 Å². The van der Waals surface area contributed by atoms with Gasteiger partial charge in [0.1, 0.15) is 6.04 Å². The summed E-state index contributed by atoms with van der Waals surface area (Å²) in [5.74, 6) is -0.642. The van der Waals surface area contributed by atoms with E-state index < -0.39 is 33.6 Å². The van der Waals surface area contributed by atoms with Gasteiger partial charge < -0.3 is 10.2 Å². The molecule has 0 aliphatic carbocycles. The number of amides is 1. The Kier molecular flexibility index (Phi) is 5.29. The van der Waals surface area contributed by atoms with Crippen molar-refractivity contribution in [2.45, 2.75) is 37.2 Å². The molecule has 1 spiro atoms. The van der Waals surface area contributed by atoms with Crippen LogP contribution >= 0.6 is 11.6 Å². The Morgan fingerprint density at radius 3 is 2.56 bits per heavy atom. The second-order valence-corrected chi connectivity index (χ2v) is 11.5. The minimum absolute atomic E-state index is 0.0995. The highest BCUT2D eigenvalue weighted by atomic mass is 35.5. The first kappa shape index (κ1) is 23.2. The number of sulfonamides is 1. The summed E-state index contributed by atoms with van der Waals surface area (Å²) in [6.45, 7) is 0.716. The van der Waals surface area contributed by atoms with E-state index in [-0.39, 0.29) is 25.0 Å². The van der Waals surface area contributed by atoms with Crippen LogP contribution in [0.3, 0.4) is 0 Å². The lowest BCUT2D eigenvalue weighted by Gasteiger charge is -2.39. The third-order valence-electron chi connectivity index (χ3n) is 7.17. The van der Waals surface area contributed by atoms with Crippen LogP contribution in [-0.4, -0.2) is 51.7 Å². The highest BCUT2D eigenvalue weighted by molar-refractivity contribution is 7.92. The Balaban J connectivity index is 1.43. The Morgan fingerprint density at radius 1 is 1.21 bits per heavy atom. The molecule has 0 bridgehead atoms. The molecule has 1 amide bonds. The topological polar surface area (TPSA) is 82.6 Å². The number of rotatable bonds is 2. The smallest absolute Gasteiger partial charge is 0.370 e. The van der Waals surface area contributed by atoms with Crippen LogP contribution in [0.4, 0.5) is 24.5 Å². The number of halogens is 4. The van der Waals surface area contributed by atoms with Crippen molar-refractivity contribution in [2.24, 2.45) is 5.41 Å². The van der Waals surface area contributed by atoms with Crippen LogP contribution < -0.4 is 14.5 Å². The molecule has 1 aromatic carbocycles. The van der Waals surface area contributed by atoms with Crippen molar-refractivity contribution in [3.63, 3.8) is 0 Å². The summed E-state index contributed by atoms with van der Waals surface area (Å²) in [6.07, 6.45) is -1.03. The zero-order chi connectivity index (χ0) is 24.5. The van der Waals surface area contributed by atoms with Gasteiger partial charge in [0.25, 0.3) is 0 Å². The molecule has 2 aromatic rings. The monoisotopic (exact) mass is 514 g/mol. The summed E-state index contributed by atoms with van der Waals surface area (Å²) in [4.78, 5) is 18.6. The molecule has 1 atom stereocenters. The largest absolute Gasteiger partial charge is 0.408 e. The van der Waals surface area contributed by atoms with Gasteiger partial charge in [0.05, 0.1) is 27.6 Å². The number of hydrogen-bond donors (Lipinski definition) is 1. The third kappa shape index (κ3) is 3.69. The lowest BCUT2D eigenvalue weighted by molar-refractivity contribution is -0.155. The molecule has 34 heavy (non-hydrogen) atoms. The molecule has 12 heteroatoms. The molecule has 0 unspecified atom stereocenters. The molecule has 2 saturated heterocycles. The van der Waals surface area contributed by atoms with Gasteiger partial charge >= 0.3 is 6.18 Å². The molecule has 1 N–H and O–H groups in total. The fourth-order valence-electron chi connectivity index (χ4n) is 5.21. The predicted octanol–water partition coefficient (Wildman–Crippen LogP) is 3.72. The number of nitrogens with one attached hydrogen (secondary N) is 1. The molecule has 0 saturated carbocycles. The Hall–Kier alpha value is -2.53. The Morgan fingerprint density at radius 2 is 1.91 bits per heavy atom. The van der Waals surface area contributed by atoms with Gasteiger partial charge in [-0.15, -0.1) is 0 Å². The summed E-state index contributed by atoms with van der Waals surface area (Å²) < 4.78 is 65.3. The van der Waals surface area contributed by atoms with E-state index in [1.54, 1.807) is 24.4 Å². The fraction of sp³-hybridized carbons (Fsp3) is 0.455. The van der Waals surface area contributed by atoms with Crippen LogP contribution in [-0.2, 0) is 20.6 Å². The van der Waals surface area contributed by atoms with Gasteiger partial charge in [-0.3, -0.25) is 14.1 Å². The normalized spacial score (nSPS) is 23.3. The molecule has 182 valence electrons. The van der Waals surface area contributed by atoms with E-state index in [0.717, 1.165) is 5.56 Å². The maximum absolute atomic E-state index is 13.2. The number of benzene rings is 1. The fourth-order valence-corrected chi connectivity index (χ4v) is 6.79. The zero-order valence-corrected chi connectivity index (χ0v) is 19.8. The number of carbonyl (C=O) groups is 1. The summed E-state index contributed by atoms with van der Waals surface area (Å²) >= 11 is 6.52. The van der Waals surface area contributed by atoms with Gasteiger partial charge in [-0.1, -0.05) is 17.7 Å². The number of nitrogens with zero attached hydrogens (tertiary/aromatic N) is 3. The van der Waals surface area contributed by atoms with E-state index in [2.05, 4.69) is 10.3 Å². The van der Waals surface area contributed by atoms with Crippen molar-refractivity contribution in [2.75, 3.05) is 29.3 Å². The minimum atomic E-state index is -4.47. The molecular weight excluding hydrogens is 493 g/mol. The Labute approximate surface area is 199 Å². The van der Waals surface area contributed by atoms with Crippen molar-refractivity contribution in [3.05, 3.63) is 41.2 Å². The molecule has 7 nitrogen and oxygen atoms in total. The van der Waals surface area contributed by atoms with Gasteiger partial charge in [0, 0.05) is 38.1 Å². The number of carbonyl (C=O) groups excluding carboxylic acids is 1. The number of alkyl halides is 3. The van der Waals surface area contributed by atoms with Gasteiger partial charge in [0.2, 0.25) is 15.9 Å². The van der Waals surface area contributed by atoms with Crippen molar-refractivity contribution in [3.8, 4) is 11.1 Å². The number of fused-ring (bicyclic) bond motifs is 1. The average molecular weight is 515 g/mol. The molecule has 0 radical (unpaired) electrons. The first-order chi connectivity index (χ1) is 15.9. The van der Waals surface area contributed by atoms with Crippen LogP contribution in [0.2, 0.25) is 5.02 Å². The van der Waals surface area contributed by atoms with Crippen LogP contribution in [0.25, 0.3) is 11.1 Å². The number of aromatic nitrogens is 1. The van der Waals surface area contributed by atoms with E-state index >= 15 is 0 Å². The van der Waals surface area contributed by atoms with Crippen molar-refractivity contribution < 1.29 is 26.4 Å². The molecule has 3 aliphatic rings. The van der Waals surface area contributed by atoms with Crippen molar-refractivity contribution in [1.82, 2.24) is 10.3 Å². The SMILES string of the molecule is CN1c2ccc(-c3cncc(Cl)c3N3CCC4(CC3)C[C@H](C(F)(F)F)NC4=O)cc2CS1(=O)=O. The molecular formula is C22H22ClF3N4O3S. The zero-order valence-electron chi connectivity index (χ0n) is 18.2. The number of anilines is 2. The molecule has 2 fully saturated rings. The second-order valence-electron chi connectivity index (χ2n) is 9.12. The maximum Gasteiger partial charge on any atom is 0.408 e. The number of hydrogen-bond acceptors (Lipinski definition) is 5. The van der Waals surface area contributed by atoms with Crippen molar-refractivity contribution >= 4 is 38.9 Å². The molecule has 4 heterocycles. The van der Waals surface area contributed by atoms with E-state index in [0.29, 0.717) is 40.6 Å². The lowest BCUT2D eigenvalue weighted by Crippen LogP contribution is -2.44. The van der Waals surface area contributed by atoms with Gasteiger partial charge in [-0.05, 0) is 42.5 Å². The summed E-state index contributed by atoms with van der Waals surface area (Å²) in [7, 11) is -1.88. The first-order valence-electron chi connectivity index (χ1n) is 10.8. The standard InChI is InChI=1S/C22H22ClF3N4O3S/c1-29-17-3-2-13(8-14(17)12-34(29,32)33)15-10-27-11-16(23)19(15)30-6-4-21(5-7-30)9-18(22(24,25)26)28-20(21)31/h2-3,8,10-11,18H,4-7,9,12H2,1H3,(H,28,31)/t18-/m1/s1. The number of piperidine rings is 1. The third-order valence-corrected chi connectivity index (χ3v) is 9.16. The highest BCUT2D eigenvalue weighted by Gasteiger charge is 2.56. The van der Waals surface area contributed by atoms with Gasteiger partial charge in [0.15, 0.2) is 0 Å². The van der Waals surface area contributed by atoms with E-state index in [1.165, 1.54) is 17.5 Å². The highest BCUT2D eigenvalue weighted by Crippen LogP contribution is 2.47. The van der Waals surface area contributed by atoms with Crippen LogP contribution in [0, 0.1) is 5.41 Å². The van der Waals surface area contributed by atoms with Gasteiger partial charge in [-0.2, -0.15) is 13.2 Å². The van der Waals surface area contributed by atoms with E-state index in [1.807, 2.05) is 4.90 Å². The predicted molar refractivity (Wildman–Crippen MR) is 122 cm³/mol. The summed E-state index contributed by atoms with van der Waals surface area (Å²) in [6, 6.07) is 3.53. The molecule has 1 aromatic heterocycles.